The van der Waals surface area contributed by atoms with Crippen molar-refractivity contribution >= 4 is 10.8 Å². The quantitative estimate of drug-likeness (QED) is 0.771. The van der Waals surface area contributed by atoms with Gasteiger partial charge in [0.15, 0.2) is 0 Å². The first-order chi connectivity index (χ1) is 10.3. The van der Waals surface area contributed by atoms with Crippen LogP contribution in [0.1, 0.15) is 29.9 Å². The van der Waals surface area contributed by atoms with Crippen molar-refractivity contribution in [2.24, 2.45) is 0 Å². The molecule has 0 bridgehead atoms. The second-order valence-corrected chi connectivity index (χ2v) is 5.30. The smallest absolute Gasteiger partial charge is 0.0751 e. The van der Waals surface area contributed by atoms with Crippen LogP contribution in [0.25, 0.3) is 10.8 Å². The highest BCUT2D eigenvalue weighted by atomic mass is 14.9. The number of fused-ring (bicyclic) bond motifs is 1. The molecule has 1 N–H and O–H groups in total. The summed E-state index contributed by atoms with van der Waals surface area (Å²) in [6, 6.07) is 21.4. The van der Waals surface area contributed by atoms with E-state index in [0.29, 0.717) is 0 Å². The van der Waals surface area contributed by atoms with Crippen LogP contribution in [0.2, 0.25) is 0 Å². The monoisotopic (exact) mass is 276 g/mol. The highest BCUT2D eigenvalue weighted by Crippen LogP contribution is 2.24. The van der Waals surface area contributed by atoms with Gasteiger partial charge in [0.2, 0.25) is 0 Å². The standard InChI is InChI=1S/C19H20N2/c1-3-20-19(18-10-6-7-14(2)21-18)17-12-11-15-8-4-5-9-16(15)13-17/h4-13,19-20H,3H2,1-2H3. The van der Waals surface area contributed by atoms with Crippen molar-refractivity contribution in [1.82, 2.24) is 10.3 Å². The largest absolute Gasteiger partial charge is 0.305 e. The molecule has 0 saturated carbocycles. The van der Waals surface area contributed by atoms with Crippen molar-refractivity contribution in [3.8, 4) is 0 Å². The van der Waals surface area contributed by atoms with E-state index in [9.17, 15) is 0 Å². The van der Waals surface area contributed by atoms with Crippen molar-refractivity contribution in [3.63, 3.8) is 0 Å². The summed E-state index contributed by atoms with van der Waals surface area (Å²) in [5.74, 6) is 0. The summed E-state index contributed by atoms with van der Waals surface area (Å²) in [5.41, 5.74) is 3.39. The van der Waals surface area contributed by atoms with Crippen LogP contribution in [0, 0.1) is 6.92 Å². The second kappa shape index (κ2) is 6.06. The first kappa shape index (κ1) is 13.8. The molecule has 0 aliphatic carbocycles. The number of hydrogen-bond donors (Lipinski definition) is 1. The highest BCUT2D eigenvalue weighted by molar-refractivity contribution is 5.83. The lowest BCUT2D eigenvalue weighted by Crippen LogP contribution is -2.23. The molecule has 2 nitrogen and oxygen atoms in total. The Bertz CT molecular complexity index is 749. The van der Waals surface area contributed by atoms with Crippen LogP contribution in [0.4, 0.5) is 0 Å². The molecule has 106 valence electrons. The number of aryl methyl sites for hydroxylation is 1. The van der Waals surface area contributed by atoms with E-state index in [-0.39, 0.29) is 6.04 Å². The molecule has 21 heavy (non-hydrogen) atoms. The van der Waals surface area contributed by atoms with Crippen molar-refractivity contribution < 1.29 is 0 Å². The predicted molar refractivity (Wildman–Crippen MR) is 88.4 cm³/mol. The fraction of sp³-hybridized carbons (Fsp3) is 0.211. The molecule has 0 saturated heterocycles. The summed E-state index contributed by atoms with van der Waals surface area (Å²) in [6.45, 7) is 5.07. The van der Waals surface area contributed by atoms with Crippen LogP contribution in [-0.4, -0.2) is 11.5 Å². The summed E-state index contributed by atoms with van der Waals surface area (Å²) in [4.78, 5) is 4.69. The van der Waals surface area contributed by atoms with Gasteiger partial charge in [0, 0.05) is 5.69 Å². The zero-order valence-electron chi connectivity index (χ0n) is 12.5. The van der Waals surface area contributed by atoms with Crippen molar-refractivity contribution in [3.05, 3.63) is 77.6 Å². The molecular weight excluding hydrogens is 256 g/mol. The van der Waals surface area contributed by atoms with E-state index in [1.54, 1.807) is 0 Å². The Hall–Kier alpha value is -2.19. The van der Waals surface area contributed by atoms with Crippen LogP contribution in [0.5, 0.6) is 0 Å². The molecule has 0 amide bonds. The lowest BCUT2D eigenvalue weighted by atomic mass is 9.99. The Morgan fingerprint density at radius 3 is 2.52 bits per heavy atom. The second-order valence-electron chi connectivity index (χ2n) is 5.30. The molecule has 3 rings (SSSR count). The van der Waals surface area contributed by atoms with Crippen molar-refractivity contribution in [1.29, 1.82) is 0 Å². The third kappa shape index (κ3) is 2.96. The van der Waals surface area contributed by atoms with Crippen LogP contribution in [0.15, 0.2) is 60.7 Å². The summed E-state index contributed by atoms with van der Waals surface area (Å²) >= 11 is 0. The lowest BCUT2D eigenvalue weighted by molar-refractivity contribution is 0.614. The van der Waals surface area contributed by atoms with E-state index in [4.69, 9.17) is 0 Å². The van der Waals surface area contributed by atoms with Gasteiger partial charge < -0.3 is 5.32 Å². The van der Waals surface area contributed by atoms with Crippen LogP contribution >= 0.6 is 0 Å². The number of aromatic nitrogens is 1. The summed E-state index contributed by atoms with van der Waals surface area (Å²) in [5, 5.41) is 6.09. The Kier molecular flexibility index (Phi) is 3.98. The van der Waals surface area contributed by atoms with Gasteiger partial charge >= 0.3 is 0 Å². The number of pyridine rings is 1. The van der Waals surface area contributed by atoms with E-state index in [2.05, 4.69) is 71.8 Å². The van der Waals surface area contributed by atoms with Gasteiger partial charge in [-0.15, -0.1) is 0 Å². The number of hydrogen-bond acceptors (Lipinski definition) is 2. The molecule has 2 aromatic carbocycles. The summed E-state index contributed by atoms with van der Waals surface area (Å²) in [6.07, 6.45) is 0. The normalized spacial score (nSPS) is 12.5. The SMILES string of the molecule is CCNC(c1ccc2ccccc2c1)c1cccc(C)n1. The molecule has 0 aliphatic heterocycles. The zero-order chi connectivity index (χ0) is 14.7. The zero-order valence-corrected chi connectivity index (χ0v) is 12.5. The van der Waals surface area contributed by atoms with E-state index in [1.807, 2.05) is 13.0 Å². The Labute approximate surface area is 125 Å². The molecule has 0 spiro atoms. The molecule has 0 radical (unpaired) electrons. The molecule has 0 fully saturated rings. The lowest BCUT2D eigenvalue weighted by Gasteiger charge is -2.19. The minimum atomic E-state index is 0.138. The van der Waals surface area contributed by atoms with Crippen molar-refractivity contribution in [2.45, 2.75) is 19.9 Å². The first-order valence-electron chi connectivity index (χ1n) is 7.43. The molecule has 3 aromatic rings. The Balaban J connectivity index is 2.06. The fourth-order valence-electron chi connectivity index (χ4n) is 2.71. The van der Waals surface area contributed by atoms with Gasteiger partial charge in [-0.05, 0) is 48.0 Å². The van der Waals surface area contributed by atoms with E-state index >= 15 is 0 Å². The fourth-order valence-corrected chi connectivity index (χ4v) is 2.71. The molecule has 1 aromatic heterocycles. The maximum absolute atomic E-state index is 4.69. The highest BCUT2D eigenvalue weighted by Gasteiger charge is 2.14. The van der Waals surface area contributed by atoms with Gasteiger partial charge in [0.1, 0.15) is 0 Å². The molecule has 2 heteroatoms. The average Bonchev–Trinajstić information content (AvgIpc) is 2.52. The maximum atomic E-state index is 4.69. The van der Waals surface area contributed by atoms with Gasteiger partial charge in [-0.3, -0.25) is 4.98 Å². The topological polar surface area (TPSA) is 24.9 Å². The van der Waals surface area contributed by atoms with Crippen LogP contribution in [0.3, 0.4) is 0 Å². The Morgan fingerprint density at radius 1 is 0.952 bits per heavy atom. The van der Waals surface area contributed by atoms with Gasteiger partial charge in [0.05, 0.1) is 11.7 Å². The average molecular weight is 276 g/mol. The number of nitrogens with zero attached hydrogens (tertiary/aromatic N) is 1. The van der Waals surface area contributed by atoms with Gasteiger partial charge in [-0.1, -0.05) is 49.4 Å². The van der Waals surface area contributed by atoms with Crippen molar-refractivity contribution in [2.75, 3.05) is 6.54 Å². The van der Waals surface area contributed by atoms with Crippen LogP contribution < -0.4 is 5.32 Å². The third-order valence-electron chi connectivity index (χ3n) is 3.72. The van der Waals surface area contributed by atoms with Gasteiger partial charge in [0.25, 0.3) is 0 Å². The number of nitrogens with one attached hydrogen (secondary N) is 1. The van der Waals surface area contributed by atoms with E-state index in [0.717, 1.165) is 17.9 Å². The molecule has 1 unspecified atom stereocenters. The summed E-state index contributed by atoms with van der Waals surface area (Å²) in [7, 11) is 0. The van der Waals surface area contributed by atoms with E-state index < -0.39 is 0 Å². The van der Waals surface area contributed by atoms with Gasteiger partial charge in [-0.2, -0.15) is 0 Å². The van der Waals surface area contributed by atoms with E-state index in [1.165, 1.54) is 16.3 Å². The molecule has 0 aliphatic rings. The summed E-state index contributed by atoms with van der Waals surface area (Å²) < 4.78 is 0. The Morgan fingerprint density at radius 2 is 1.76 bits per heavy atom. The first-order valence-corrected chi connectivity index (χ1v) is 7.43. The minimum absolute atomic E-state index is 0.138. The number of benzene rings is 2. The third-order valence-corrected chi connectivity index (χ3v) is 3.72. The predicted octanol–water partition coefficient (Wildman–Crippen LogP) is 4.24. The molecule has 1 atom stereocenters. The maximum Gasteiger partial charge on any atom is 0.0751 e. The number of rotatable bonds is 4. The molecular formula is C19H20N2. The molecule has 1 heterocycles. The minimum Gasteiger partial charge on any atom is -0.305 e. The van der Waals surface area contributed by atoms with Crippen LogP contribution in [-0.2, 0) is 0 Å². The van der Waals surface area contributed by atoms with Gasteiger partial charge in [-0.25, -0.2) is 0 Å².